The first-order valence-corrected chi connectivity index (χ1v) is 6.90. The monoisotopic (exact) mass is 299 g/mol. The van der Waals surface area contributed by atoms with Crippen molar-refractivity contribution in [2.45, 2.75) is 6.54 Å². The Hall–Kier alpha value is -2.30. The molecule has 0 atom stereocenters. The highest BCUT2D eigenvalue weighted by atomic mass is 35.5. The number of benzene rings is 2. The topological polar surface area (TPSA) is 60.0 Å². The first-order chi connectivity index (χ1) is 10.2. The van der Waals surface area contributed by atoms with Gasteiger partial charge in [-0.25, -0.2) is 5.84 Å². The van der Waals surface area contributed by atoms with Gasteiger partial charge < -0.3 is 4.57 Å². The molecule has 106 valence electrons. The predicted molar refractivity (Wildman–Crippen MR) is 84.1 cm³/mol. The lowest BCUT2D eigenvalue weighted by molar-refractivity contribution is 0.0953. The summed E-state index contributed by atoms with van der Waals surface area (Å²) in [6, 6.07) is 15.2. The van der Waals surface area contributed by atoms with Gasteiger partial charge in [-0.05, 0) is 35.9 Å². The lowest BCUT2D eigenvalue weighted by Crippen LogP contribution is -2.30. The molecule has 3 N–H and O–H groups in total. The van der Waals surface area contributed by atoms with Crippen LogP contribution in [0, 0.1) is 0 Å². The third-order valence-corrected chi connectivity index (χ3v) is 3.76. The zero-order valence-corrected chi connectivity index (χ0v) is 12.0. The fourth-order valence-corrected chi connectivity index (χ4v) is 2.65. The molecule has 1 heterocycles. The van der Waals surface area contributed by atoms with Crippen LogP contribution in [0.15, 0.2) is 54.7 Å². The van der Waals surface area contributed by atoms with Crippen LogP contribution in [0.4, 0.5) is 0 Å². The van der Waals surface area contributed by atoms with E-state index in [-0.39, 0.29) is 5.91 Å². The number of amides is 1. The van der Waals surface area contributed by atoms with Crippen LogP contribution in [0.2, 0.25) is 5.02 Å². The summed E-state index contributed by atoms with van der Waals surface area (Å²) in [4.78, 5) is 11.6. The third kappa shape index (κ3) is 2.63. The van der Waals surface area contributed by atoms with Gasteiger partial charge in [0.2, 0.25) is 0 Å². The maximum atomic E-state index is 11.6. The van der Waals surface area contributed by atoms with Gasteiger partial charge in [-0.15, -0.1) is 0 Å². The molecule has 2 aromatic carbocycles. The van der Waals surface area contributed by atoms with Crippen LogP contribution in [0.5, 0.6) is 0 Å². The van der Waals surface area contributed by atoms with E-state index in [4.69, 9.17) is 17.4 Å². The van der Waals surface area contributed by atoms with Crippen LogP contribution in [-0.2, 0) is 6.54 Å². The minimum absolute atomic E-state index is 0.294. The molecule has 3 rings (SSSR count). The summed E-state index contributed by atoms with van der Waals surface area (Å²) in [6.45, 7) is 0.662. The Kier molecular flexibility index (Phi) is 3.64. The fraction of sp³-hybridized carbons (Fsp3) is 0.0625. The lowest BCUT2D eigenvalue weighted by Gasteiger charge is -2.08. The summed E-state index contributed by atoms with van der Waals surface area (Å²) in [5, 5.41) is 1.76. The minimum Gasteiger partial charge on any atom is -0.343 e. The van der Waals surface area contributed by atoms with Crippen molar-refractivity contribution in [3.8, 4) is 0 Å². The highest BCUT2D eigenvalue weighted by Crippen LogP contribution is 2.24. The molecule has 0 saturated heterocycles. The highest BCUT2D eigenvalue weighted by Gasteiger charge is 2.07. The first kappa shape index (κ1) is 13.7. The second-order valence-electron chi connectivity index (χ2n) is 4.79. The number of fused-ring (bicyclic) bond motifs is 1. The summed E-state index contributed by atoms with van der Waals surface area (Å²) in [5.74, 6) is 4.87. The number of aromatic nitrogens is 1. The van der Waals surface area contributed by atoms with E-state index in [2.05, 4.69) is 9.99 Å². The zero-order valence-electron chi connectivity index (χ0n) is 11.2. The van der Waals surface area contributed by atoms with Crippen molar-refractivity contribution in [2.24, 2.45) is 5.84 Å². The van der Waals surface area contributed by atoms with Crippen LogP contribution in [0.1, 0.15) is 15.9 Å². The van der Waals surface area contributed by atoms with Gasteiger partial charge in [0.25, 0.3) is 5.91 Å². The normalized spacial score (nSPS) is 10.8. The Morgan fingerprint density at radius 2 is 2.00 bits per heavy atom. The van der Waals surface area contributed by atoms with Crippen LogP contribution in [0.25, 0.3) is 10.9 Å². The van der Waals surface area contributed by atoms with Gasteiger partial charge in [0.05, 0.1) is 0 Å². The third-order valence-electron chi connectivity index (χ3n) is 3.43. The molecule has 21 heavy (non-hydrogen) atoms. The molecule has 1 aromatic heterocycles. The van der Waals surface area contributed by atoms with Crippen molar-refractivity contribution in [2.75, 3.05) is 0 Å². The van der Waals surface area contributed by atoms with Gasteiger partial charge in [-0.2, -0.15) is 0 Å². The molecule has 1 amide bonds. The molecule has 0 unspecified atom stereocenters. The second kappa shape index (κ2) is 5.60. The van der Waals surface area contributed by atoms with E-state index in [1.165, 1.54) is 0 Å². The Balaban J connectivity index is 1.95. The quantitative estimate of drug-likeness (QED) is 0.444. The first-order valence-electron chi connectivity index (χ1n) is 6.52. The Bertz CT molecular complexity index is 810. The standard InChI is InChI=1S/C16H14ClN3O/c17-14-5-2-6-15-13(14)7-8-20(15)10-11-3-1-4-12(9-11)16(21)19-18/h1-9H,10,18H2,(H,19,21). The molecular weight excluding hydrogens is 286 g/mol. The summed E-state index contributed by atoms with van der Waals surface area (Å²) in [6.07, 6.45) is 1.99. The van der Waals surface area contributed by atoms with Gasteiger partial charge in [-0.1, -0.05) is 29.8 Å². The number of nitrogens with zero attached hydrogens (tertiary/aromatic N) is 1. The predicted octanol–water partition coefficient (Wildman–Crippen LogP) is 2.95. The maximum absolute atomic E-state index is 11.6. The smallest absolute Gasteiger partial charge is 0.265 e. The fourth-order valence-electron chi connectivity index (χ4n) is 2.41. The number of carbonyl (C=O) groups excluding carboxylic acids is 1. The molecular formula is C16H14ClN3O. The van der Waals surface area contributed by atoms with Gasteiger partial charge >= 0.3 is 0 Å². The van der Waals surface area contributed by atoms with Crippen LogP contribution in [-0.4, -0.2) is 10.5 Å². The number of rotatable bonds is 3. The molecule has 0 aliphatic carbocycles. The van der Waals surface area contributed by atoms with Crippen molar-refractivity contribution in [1.82, 2.24) is 9.99 Å². The van der Waals surface area contributed by atoms with Crippen molar-refractivity contribution in [3.63, 3.8) is 0 Å². The Morgan fingerprint density at radius 1 is 1.19 bits per heavy atom. The number of nitrogen functional groups attached to an aromatic ring is 1. The van der Waals surface area contributed by atoms with Crippen molar-refractivity contribution in [3.05, 3.63) is 70.9 Å². The molecule has 0 radical (unpaired) electrons. The molecule has 0 bridgehead atoms. The van der Waals surface area contributed by atoms with Gasteiger partial charge in [0, 0.05) is 34.2 Å². The molecule has 0 aliphatic rings. The largest absolute Gasteiger partial charge is 0.343 e. The average molecular weight is 300 g/mol. The summed E-state index contributed by atoms with van der Waals surface area (Å²) < 4.78 is 2.10. The van der Waals surface area contributed by atoms with Crippen molar-refractivity contribution < 1.29 is 4.79 Å². The number of nitrogens with two attached hydrogens (primary N) is 1. The minimum atomic E-state index is -0.294. The lowest BCUT2D eigenvalue weighted by atomic mass is 10.1. The maximum Gasteiger partial charge on any atom is 0.265 e. The Labute approximate surface area is 127 Å². The molecule has 0 fully saturated rings. The number of hydrazine groups is 1. The Morgan fingerprint density at radius 3 is 2.81 bits per heavy atom. The van der Waals surface area contributed by atoms with E-state index in [0.29, 0.717) is 12.1 Å². The number of halogens is 1. The van der Waals surface area contributed by atoms with Gasteiger partial charge in [0.15, 0.2) is 0 Å². The van der Waals surface area contributed by atoms with E-state index < -0.39 is 0 Å². The molecule has 5 heteroatoms. The molecule has 0 saturated carbocycles. The number of nitrogens with one attached hydrogen (secondary N) is 1. The van der Waals surface area contributed by atoms with Gasteiger partial charge in [-0.3, -0.25) is 10.2 Å². The summed E-state index contributed by atoms with van der Waals surface area (Å²) >= 11 is 6.18. The zero-order chi connectivity index (χ0) is 14.8. The molecule has 3 aromatic rings. The molecule has 0 spiro atoms. The van der Waals surface area contributed by atoms with E-state index in [1.54, 1.807) is 6.07 Å². The SMILES string of the molecule is NNC(=O)c1cccc(Cn2ccc3c(Cl)cccc32)c1. The van der Waals surface area contributed by atoms with Crippen LogP contribution in [0.3, 0.4) is 0 Å². The van der Waals surface area contributed by atoms with Crippen LogP contribution < -0.4 is 11.3 Å². The molecule has 4 nitrogen and oxygen atoms in total. The number of hydrogen-bond donors (Lipinski definition) is 2. The number of carbonyl (C=O) groups is 1. The van der Waals surface area contributed by atoms with E-state index in [1.807, 2.05) is 48.7 Å². The summed E-state index contributed by atoms with van der Waals surface area (Å²) in [7, 11) is 0. The van der Waals surface area contributed by atoms with E-state index >= 15 is 0 Å². The highest BCUT2D eigenvalue weighted by molar-refractivity contribution is 6.35. The van der Waals surface area contributed by atoms with Crippen molar-refractivity contribution >= 4 is 28.4 Å². The van der Waals surface area contributed by atoms with E-state index in [0.717, 1.165) is 21.5 Å². The van der Waals surface area contributed by atoms with Crippen LogP contribution >= 0.6 is 11.6 Å². The van der Waals surface area contributed by atoms with Gasteiger partial charge in [0.1, 0.15) is 0 Å². The second-order valence-corrected chi connectivity index (χ2v) is 5.20. The number of hydrogen-bond acceptors (Lipinski definition) is 2. The summed E-state index contributed by atoms with van der Waals surface area (Å²) in [5.41, 5.74) is 4.77. The van der Waals surface area contributed by atoms with Crippen molar-refractivity contribution in [1.29, 1.82) is 0 Å². The van der Waals surface area contributed by atoms with E-state index in [9.17, 15) is 4.79 Å². The molecule has 0 aliphatic heterocycles. The average Bonchev–Trinajstić information content (AvgIpc) is 2.91.